The number of nitrogens with two attached hydrogens (primary N) is 1. The minimum absolute atomic E-state index is 0.286. The third-order valence-corrected chi connectivity index (χ3v) is 3.46. The fourth-order valence-electron chi connectivity index (χ4n) is 2.66. The standard InChI is InChI=1S/C12H24N6/c1-3-4-5-18-12(14-15-16-18)9-17-7-10(2)6-11(13)8-17/h10-11H,3-9,13H2,1-2H3. The van der Waals surface area contributed by atoms with Crippen molar-refractivity contribution in [1.82, 2.24) is 25.1 Å². The maximum atomic E-state index is 6.06. The van der Waals surface area contributed by atoms with Crippen LogP contribution in [0.15, 0.2) is 0 Å². The molecular weight excluding hydrogens is 228 g/mol. The lowest BCUT2D eigenvalue weighted by molar-refractivity contribution is 0.152. The second-order valence-electron chi connectivity index (χ2n) is 5.47. The number of likely N-dealkylation sites (tertiary alicyclic amines) is 1. The molecule has 0 saturated carbocycles. The highest BCUT2D eigenvalue weighted by Gasteiger charge is 2.23. The molecule has 2 atom stereocenters. The Kier molecular flexibility index (Phi) is 4.66. The van der Waals surface area contributed by atoms with Crippen molar-refractivity contribution in [2.75, 3.05) is 13.1 Å². The first-order valence-corrected chi connectivity index (χ1v) is 6.92. The average molecular weight is 252 g/mol. The van der Waals surface area contributed by atoms with Gasteiger partial charge < -0.3 is 5.73 Å². The minimum atomic E-state index is 0.286. The average Bonchev–Trinajstić information content (AvgIpc) is 2.72. The van der Waals surface area contributed by atoms with E-state index < -0.39 is 0 Å². The predicted octanol–water partition coefficient (Wildman–Crippen LogP) is 0.642. The van der Waals surface area contributed by atoms with Crippen LogP contribution in [0, 0.1) is 5.92 Å². The number of hydrogen-bond donors (Lipinski definition) is 1. The van der Waals surface area contributed by atoms with E-state index in [0.29, 0.717) is 5.92 Å². The Balaban J connectivity index is 1.94. The van der Waals surface area contributed by atoms with Gasteiger partial charge in [0.2, 0.25) is 0 Å². The SMILES string of the molecule is CCCCn1nnnc1CN1CC(C)CC(N)C1. The van der Waals surface area contributed by atoms with Gasteiger partial charge in [-0.25, -0.2) is 4.68 Å². The topological polar surface area (TPSA) is 72.9 Å². The zero-order valence-corrected chi connectivity index (χ0v) is 11.4. The first-order chi connectivity index (χ1) is 8.69. The lowest BCUT2D eigenvalue weighted by Gasteiger charge is -2.34. The number of unbranched alkanes of at least 4 members (excludes halogenated alkanes) is 1. The van der Waals surface area contributed by atoms with Crippen LogP contribution in [0.1, 0.15) is 38.9 Å². The van der Waals surface area contributed by atoms with E-state index in [1.807, 2.05) is 4.68 Å². The largest absolute Gasteiger partial charge is 0.327 e. The number of piperidine rings is 1. The van der Waals surface area contributed by atoms with E-state index in [4.69, 9.17) is 5.73 Å². The second kappa shape index (κ2) is 6.24. The maximum Gasteiger partial charge on any atom is 0.165 e. The van der Waals surface area contributed by atoms with E-state index in [1.54, 1.807) is 0 Å². The van der Waals surface area contributed by atoms with E-state index in [0.717, 1.165) is 51.3 Å². The lowest BCUT2D eigenvalue weighted by atomic mass is 9.97. The Morgan fingerprint density at radius 3 is 2.94 bits per heavy atom. The molecule has 2 heterocycles. The van der Waals surface area contributed by atoms with Crippen molar-refractivity contribution in [1.29, 1.82) is 0 Å². The van der Waals surface area contributed by atoms with Crippen LogP contribution in [0.25, 0.3) is 0 Å². The Hall–Kier alpha value is -1.01. The summed E-state index contributed by atoms with van der Waals surface area (Å²) in [5, 5.41) is 12.0. The lowest BCUT2D eigenvalue weighted by Crippen LogP contribution is -2.46. The molecule has 0 aliphatic carbocycles. The number of tetrazole rings is 1. The van der Waals surface area contributed by atoms with Crippen molar-refractivity contribution >= 4 is 0 Å². The van der Waals surface area contributed by atoms with Crippen LogP contribution in [-0.2, 0) is 13.1 Å². The van der Waals surface area contributed by atoms with Crippen molar-refractivity contribution in [3.05, 3.63) is 5.82 Å². The third-order valence-electron chi connectivity index (χ3n) is 3.46. The molecule has 1 aromatic rings. The van der Waals surface area contributed by atoms with Crippen molar-refractivity contribution < 1.29 is 0 Å². The fourth-order valence-corrected chi connectivity index (χ4v) is 2.66. The zero-order valence-electron chi connectivity index (χ0n) is 11.4. The summed E-state index contributed by atoms with van der Waals surface area (Å²) in [7, 11) is 0. The Labute approximate surface area is 109 Å². The van der Waals surface area contributed by atoms with Crippen molar-refractivity contribution in [2.45, 2.75) is 52.2 Å². The summed E-state index contributed by atoms with van der Waals surface area (Å²) in [5.41, 5.74) is 6.06. The molecule has 0 amide bonds. The van der Waals surface area contributed by atoms with Gasteiger partial charge in [-0.1, -0.05) is 20.3 Å². The number of hydrogen-bond acceptors (Lipinski definition) is 5. The molecule has 1 aliphatic heterocycles. The van der Waals surface area contributed by atoms with Gasteiger partial charge in [0.1, 0.15) is 0 Å². The van der Waals surface area contributed by atoms with Gasteiger partial charge in [0.25, 0.3) is 0 Å². The first kappa shape index (κ1) is 13.4. The third kappa shape index (κ3) is 3.49. The quantitative estimate of drug-likeness (QED) is 0.832. The summed E-state index contributed by atoms with van der Waals surface area (Å²) in [6, 6.07) is 0.286. The van der Waals surface area contributed by atoms with Crippen LogP contribution in [0.5, 0.6) is 0 Å². The highest BCUT2D eigenvalue weighted by Crippen LogP contribution is 2.16. The van der Waals surface area contributed by atoms with Crippen LogP contribution in [0.3, 0.4) is 0 Å². The minimum Gasteiger partial charge on any atom is -0.327 e. The molecule has 0 bridgehead atoms. The molecule has 1 saturated heterocycles. The zero-order chi connectivity index (χ0) is 13.0. The molecule has 2 rings (SSSR count). The Bertz CT molecular complexity index is 353. The van der Waals surface area contributed by atoms with Gasteiger partial charge in [0, 0.05) is 25.7 Å². The molecule has 0 aromatic carbocycles. The van der Waals surface area contributed by atoms with Crippen LogP contribution in [0.2, 0.25) is 0 Å². The van der Waals surface area contributed by atoms with Crippen LogP contribution in [-0.4, -0.2) is 44.2 Å². The Morgan fingerprint density at radius 2 is 2.22 bits per heavy atom. The van der Waals surface area contributed by atoms with E-state index in [-0.39, 0.29) is 6.04 Å². The fraction of sp³-hybridized carbons (Fsp3) is 0.917. The summed E-state index contributed by atoms with van der Waals surface area (Å²) in [6.45, 7) is 8.20. The van der Waals surface area contributed by atoms with E-state index in [2.05, 4.69) is 34.3 Å². The van der Waals surface area contributed by atoms with E-state index >= 15 is 0 Å². The molecular formula is C12H24N6. The van der Waals surface area contributed by atoms with Gasteiger partial charge in [0.05, 0.1) is 6.54 Å². The molecule has 0 spiro atoms. The van der Waals surface area contributed by atoms with Gasteiger partial charge in [-0.05, 0) is 29.2 Å². The molecule has 1 aromatic heterocycles. The highest BCUT2D eigenvalue weighted by atomic mass is 15.5. The molecule has 6 nitrogen and oxygen atoms in total. The van der Waals surface area contributed by atoms with E-state index in [1.165, 1.54) is 0 Å². The smallest absolute Gasteiger partial charge is 0.165 e. The molecule has 1 aliphatic rings. The molecule has 18 heavy (non-hydrogen) atoms. The molecule has 2 N–H and O–H groups in total. The van der Waals surface area contributed by atoms with Gasteiger partial charge in [-0.15, -0.1) is 5.10 Å². The van der Waals surface area contributed by atoms with Crippen LogP contribution < -0.4 is 5.73 Å². The molecule has 1 fully saturated rings. The normalized spacial score (nSPS) is 25.5. The predicted molar refractivity (Wildman–Crippen MR) is 69.8 cm³/mol. The van der Waals surface area contributed by atoms with Gasteiger partial charge in [-0.2, -0.15) is 0 Å². The Morgan fingerprint density at radius 1 is 1.39 bits per heavy atom. The number of aryl methyl sites for hydroxylation is 1. The van der Waals surface area contributed by atoms with Crippen molar-refractivity contribution in [3.8, 4) is 0 Å². The van der Waals surface area contributed by atoms with Crippen LogP contribution in [0.4, 0.5) is 0 Å². The maximum absolute atomic E-state index is 6.06. The summed E-state index contributed by atoms with van der Waals surface area (Å²) in [6.07, 6.45) is 3.40. The molecule has 0 radical (unpaired) electrons. The van der Waals surface area contributed by atoms with E-state index in [9.17, 15) is 0 Å². The number of nitrogens with zero attached hydrogens (tertiary/aromatic N) is 5. The first-order valence-electron chi connectivity index (χ1n) is 6.92. The number of aromatic nitrogens is 4. The molecule has 2 unspecified atom stereocenters. The molecule has 6 heteroatoms. The van der Waals surface area contributed by atoms with Crippen molar-refractivity contribution in [3.63, 3.8) is 0 Å². The number of rotatable bonds is 5. The second-order valence-corrected chi connectivity index (χ2v) is 5.47. The van der Waals surface area contributed by atoms with Gasteiger partial charge in [-0.3, -0.25) is 4.90 Å². The summed E-state index contributed by atoms with van der Waals surface area (Å²) in [5.74, 6) is 1.62. The summed E-state index contributed by atoms with van der Waals surface area (Å²) >= 11 is 0. The molecule has 102 valence electrons. The monoisotopic (exact) mass is 252 g/mol. The highest BCUT2D eigenvalue weighted by molar-refractivity contribution is 4.86. The van der Waals surface area contributed by atoms with Gasteiger partial charge >= 0.3 is 0 Å². The summed E-state index contributed by atoms with van der Waals surface area (Å²) < 4.78 is 1.92. The van der Waals surface area contributed by atoms with Crippen LogP contribution >= 0.6 is 0 Å². The van der Waals surface area contributed by atoms with Crippen molar-refractivity contribution in [2.24, 2.45) is 11.7 Å². The summed E-state index contributed by atoms with van der Waals surface area (Å²) in [4.78, 5) is 2.37. The van der Waals surface area contributed by atoms with Gasteiger partial charge in [0.15, 0.2) is 5.82 Å².